The third kappa shape index (κ3) is 7.69. The third-order valence-corrected chi connectivity index (χ3v) is 4.71. The van der Waals surface area contributed by atoms with Gasteiger partial charge < -0.3 is 10.1 Å². The summed E-state index contributed by atoms with van der Waals surface area (Å²) < 4.78 is 6.25. The van der Waals surface area contributed by atoms with Gasteiger partial charge in [0.05, 0.1) is 10.9 Å². The Labute approximate surface area is 179 Å². The Bertz CT molecular complexity index is 893. The predicted octanol–water partition coefficient (Wildman–Crippen LogP) is 4.78. The highest BCUT2D eigenvalue weighted by Gasteiger charge is 2.08. The quantitative estimate of drug-likeness (QED) is 0.440. The molecule has 2 N–H and O–H groups in total. The number of hydrogen-bond donors (Lipinski definition) is 2. The summed E-state index contributed by atoms with van der Waals surface area (Å²) in [5.74, 6) is 0.419. The normalized spacial score (nSPS) is 11.3. The maximum atomic E-state index is 12.1. The molecule has 6 nitrogen and oxygen atoms in total. The number of aryl methyl sites for hydroxylation is 1. The summed E-state index contributed by atoms with van der Waals surface area (Å²) in [6.45, 7) is 7.71. The molecule has 2 aromatic rings. The second-order valence-electron chi connectivity index (χ2n) is 7.11. The molecule has 0 aliphatic carbocycles. The number of benzene rings is 2. The number of amides is 2. The molecule has 2 aromatic carbocycles. The van der Waals surface area contributed by atoms with Gasteiger partial charge in [0.15, 0.2) is 6.61 Å². The first kappa shape index (κ1) is 22.6. The van der Waals surface area contributed by atoms with Gasteiger partial charge in [0.25, 0.3) is 5.91 Å². The van der Waals surface area contributed by atoms with Crippen LogP contribution in [0.5, 0.6) is 5.75 Å². The highest BCUT2D eigenvalue weighted by molar-refractivity contribution is 9.10. The van der Waals surface area contributed by atoms with E-state index in [9.17, 15) is 9.59 Å². The summed E-state index contributed by atoms with van der Waals surface area (Å²) >= 11 is 3.40. The zero-order chi connectivity index (χ0) is 21.4. The lowest BCUT2D eigenvalue weighted by molar-refractivity contribution is -0.123. The zero-order valence-corrected chi connectivity index (χ0v) is 18.7. The van der Waals surface area contributed by atoms with Crippen LogP contribution in [-0.4, -0.2) is 24.1 Å². The van der Waals surface area contributed by atoms with Crippen LogP contribution in [0.25, 0.3) is 0 Å². The maximum Gasteiger partial charge on any atom is 0.277 e. The van der Waals surface area contributed by atoms with Crippen LogP contribution >= 0.6 is 15.9 Å². The largest absolute Gasteiger partial charge is 0.483 e. The Morgan fingerprint density at radius 2 is 1.79 bits per heavy atom. The van der Waals surface area contributed by atoms with Gasteiger partial charge in [-0.2, -0.15) is 5.10 Å². The molecule has 0 aromatic heterocycles. The number of carbonyl (C=O) groups excluding carboxylic acids is 2. The van der Waals surface area contributed by atoms with Crippen LogP contribution in [0.2, 0.25) is 0 Å². The Morgan fingerprint density at radius 3 is 2.41 bits per heavy atom. The highest BCUT2D eigenvalue weighted by atomic mass is 79.9. The molecule has 2 amide bonds. The van der Waals surface area contributed by atoms with Crippen molar-refractivity contribution in [3.8, 4) is 5.75 Å². The molecule has 0 radical (unpaired) electrons. The lowest BCUT2D eigenvalue weighted by atomic mass is 10.0. The molecule has 29 heavy (non-hydrogen) atoms. The van der Waals surface area contributed by atoms with E-state index < -0.39 is 5.91 Å². The first-order valence-electron chi connectivity index (χ1n) is 9.35. The van der Waals surface area contributed by atoms with E-state index in [4.69, 9.17) is 4.74 Å². The zero-order valence-electron chi connectivity index (χ0n) is 17.1. The van der Waals surface area contributed by atoms with Crippen molar-refractivity contribution in [2.45, 2.75) is 40.0 Å². The van der Waals surface area contributed by atoms with Gasteiger partial charge in [-0.3, -0.25) is 9.59 Å². The van der Waals surface area contributed by atoms with Crippen LogP contribution < -0.4 is 15.5 Å². The number of nitrogens with one attached hydrogen (secondary N) is 2. The molecule has 0 heterocycles. The maximum absolute atomic E-state index is 12.1. The van der Waals surface area contributed by atoms with Gasteiger partial charge in [-0.25, -0.2) is 5.43 Å². The van der Waals surface area contributed by atoms with E-state index in [2.05, 4.69) is 45.6 Å². The van der Waals surface area contributed by atoms with Crippen LogP contribution in [0.1, 0.15) is 44.2 Å². The Hall–Kier alpha value is -2.67. The first-order chi connectivity index (χ1) is 13.7. The van der Waals surface area contributed by atoms with Crippen molar-refractivity contribution in [3.63, 3.8) is 0 Å². The van der Waals surface area contributed by atoms with E-state index in [1.165, 1.54) is 5.56 Å². The molecule has 0 atom stereocenters. The smallest absolute Gasteiger partial charge is 0.277 e. The van der Waals surface area contributed by atoms with Crippen LogP contribution in [0, 0.1) is 6.92 Å². The van der Waals surface area contributed by atoms with Crippen LogP contribution in [-0.2, 0) is 9.59 Å². The van der Waals surface area contributed by atoms with Crippen molar-refractivity contribution >= 4 is 39.1 Å². The van der Waals surface area contributed by atoms with Gasteiger partial charge in [0, 0.05) is 11.4 Å². The van der Waals surface area contributed by atoms with E-state index in [1.807, 2.05) is 43.3 Å². The molecule has 0 aliphatic heterocycles. The summed E-state index contributed by atoms with van der Waals surface area (Å²) in [5, 5.41) is 6.78. The van der Waals surface area contributed by atoms with E-state index >= 15 is 0 Å². The summed E-state index contributed by atoms with van der Waals surface area (Å²) in [5.41, 5.74) is 5.92. The number of hydrogen-bond acceptors (Lipinski definition) is 4. The summed E-state index contributed by atoms with van der Waals surface area (Å²) in [6.07, 6.45) is 0.0799. The fourth-order valence-electron chi connectivity index (χ4n) is 2.48. The third-order valence-electron chi connectivity index (χ3n) is 4.10. The van der Waals surface area contributed by atoms with Crippen molar-refractivity contribution < 1.29 is 14.3 Å². The Kier molecular flexibility index (Phi) is 8.39. The minimum absolute atomic E-state index is 0.0799. The standard InChI is InChI=1S/C22H26BrN3O3/c1-14(2)17-6-8-18(9-7-17)24-21(27)12-16(4)25-26-22(28)13-29-20-10-5-15(3)11-19(20)23/h5-11,14H,12-13H2,1-4H3,(H,24,27)(H,26,28)/b25-16-. The lowest BCUT2D eigenvalue weighted by Gasteiger charge is -2.09. The SMILES string of the molecule is C/C(CC(=O)Nc1ccc(C(C)C)cc1)=N/NC(=O)COc1ccc(C)cc1Br. The number of ether oxygens (including phenoxy) is 1. The molecular weight excluding hydrogens is 434 g/mol. The second kappa shape index (κ2) is 10.8. The van der Waals surface area contributed by atoms with E-state index in [-0.39, 0.29) is 18.9 Å². The topological polar surface area (TPSA) is 79.8 Å². The van der Waals surface area contributed by atoms with Gasteiger partial charge in [-0.15, -0.1) is 0 Å². The number of carbonyl (C=O) groups is 2. The monoisotopic (exact) mass is 459 g/mol. The van der Waals surface area contributed by atoms with Gasteiger partial charge in [0.1, 0.15) is 5.75 Å². The molecule has 0 saturated carbocycles. The Balaban J connectivity index is 1.78. The second-order valence-corrected chi connectivity index (χ2v) is 7.96. The molecule has 0 unspecified atom stereocenters. The minimum atomic E-state index is -0.401. The number of anilines is 1. The van der Waals surface area contributed by atoms with E-state index in [0.29, 0.717) is 17.4 Å². The highest BCUT2D eigenvalue weighted by Crippen LogP contribution is 2.25. The molecule has 154 valence electrons. The fourth-order valence-corrected chi connectivity index (χ4v) is 3.09. The minimum Gasteiger partial charge on any atom is -0.483 e. The number of nitrogens with zero attached hydrogens (tertiary/aromatic N) is 1. The molecule has 0 bridgehead atoms. The van der Waals surface area contributed by atoms with Crippen LogP contribution in [0.15, 0.2) is 52.0 Å². The molecule has 0 fully saturated rings. The predicted molar refractivity (Wildman–Crippen MR) is 119 cm³/mol. The van der Waals surface area contributed by atoms with Gasteiger partial charge in [0.2, 0.25) is 5.91 Å². The number of hydrazone groups is 1. The average Bonchev–Trinajstić information content (AvgIpc) is 2.66. The number of rotatable bonds is 8. The summed E-state index contributed by atoms with van der Waals surface area (Å²) in [6, 6.07) is 13.3. The molecule has 0 spiro atoms. The molecule has 0 saturated heterocycles. The van der Waals surface area contributed by atoms with Gasteiger partial charge in [-0.1, -0.05) is 32.0 Å². The van der Waals surface area contributed by atoms with E-state index in [0.717, 1.165) is 15.7 Å². The average molecular weight is 460 g/mol. The lowest BCUT2D eigenvalue weighted by Crippen LogP contribution is -2.26. The van der Waals surface area contributed by atoms with Crippen molar-refractivity contribution in [3.05, 3.63) is 58.1 Å². The number of halogens is 1. The summed E-state index contributed by atoms with van der Waals surface area (Å²) in [7, 11) is 0. The van der Waals surface area contributed by atoms with Crippen LogP contribution in [0.3, 0.4) is 0 Å². The van der Waals surface area contributed by atoms with Gasteiger partial charge >= 0.3 is 0 Å². The van der Waals surface area contributed by atoms with Crippen molar-refractivity contribution in [1.29, 1.82) is 0 Å². The van der Waals surface area contributed by atoms with Crippen molar-refractivity contribution in [1.82, 2.24) is 5.43 Å². The molecular formula is C22H26BrN3O3. The first-order valence-corrected chi connectivity index (χ1v) is 10.1. The fraction of sp³-hybridized carbons (Fsp3) is 0.318. The van der Waals surface area contributed by atoms with Crippen LogP contribution in [0.4, 0.5) is 5.69 Å². The summed E-state index contributed by atoms with van der Waals surface area (Å²) in [4.78, 5) is 24.0. The molecule has 7 heteroatoms. The molecule has 0 aliphatic rings. The van der Waals surface area contributed by atoms with Gasteiger partial charge in [-0.05, 0) is 71.1 Å². The van der Waals surface area contributed by atoms with Crippen molar-refractivity contribution in [2.24, 2.45) is 5.10 Å². The Morgan fingerprint density at radius 1 is 1.10 bits per heavy atom. The van der Waals surface area contributed by atoms with E-state index in [1.54, 1.807) is 13.0 Å². The van der Waals surface area contributed by atoms with Crippen molar-refractivity contribution in [2.75, 3.05) is 11.9 Å². The molecule has 2 rings (SSSR count).